The molecule has 0 saturated carbocycles. The molecule has 0 aromatic carbocycles. The number of rotatable bonds is 17. The molecule has 0 aliphatic carbocycles. The number of aliphatic hydroxyl groups is 1. The second-order valence-electron chi connectivity index (χ2n) is 6.98. The zero-order valence-electron chi connectivity index (χ0n) is 17.7. The Bertz CT molecular complexity index is 521. The third-order valence-corrected chi connectivity index (χ3v) is 4.17. The van der Waals surface area contributed by atoms with Crippen molar-refractivity contribution in [2.45, 2.75) is 45.6 Å². The number of nitrogens with one attached hydrogen (secondary N) is 2. The highest BCUT2D eigenvalue weighted by molar-refractivity contribution is 5.86. The van der Waals surface area contributed by atoms with Crippen molar-refractivity contribution in [2.24, 2.45) is 11.8 Å². The monoisotopic (exact) mass is 412 g/mol. The third kappa shape index (κ3) is 13.6. The summed E-state index contributed by atoms with van der Waals surface area (Å²) in [4.78, 5) is 36.5. The Morgan fingerprint density at radius 1 is 1.14 bits per heavy atom. The number of esters is 1. The molecular formula is C21H36N2O6. The maximum absolute atomic E-state index is 12.7. The van der Waals surface area contributed by atoms with Gasteiger partial charge in [-0.05, 0) is 18.8 Å². The molecule has 29 heavy (non-hydrogen) atoms. The summed E-state index contributed by atoms with van der Waals surface area (Å²) in [6.45, 7) is 11.9. The van der Waals surface area contributed by atoms with Crippen molar-refractivity contribution in [3.05, 3.63) is 25.3 Å². The molecule has 3 N–H and O–H groups in total. The van der Waals surface area contributed by atoms with E-state index in [0.29, 0.717) is 19.4 Å². The van der Waals surface area contributed by atoms with Crippen molar-refractivity contribution < 1.29 is 29.0 Å². The van der Waals surface area contributed by atoms with Crippen LogP contribution in [-0.4, -0.2) is 61.9 Å². The summed E-state index contributed by atoms with van der Waals surface area (Å²) >= 11 is 0. The average molecular weight is 413 g/mol. The number of carbonyl (C=O) groups is 3. The van der Waals surface area contributed by atoms with E-state index in [0.717, 1.165) is 0 Å². The van der Waals surface area contributed by atoms with Gasteiger partial charge in [0.25, 0.3) is 0 Å². The fourth-order valence-corrected chi connectivity index (χ4v) is 2.39. The minimum absolute atomic E-state index is 0.0157. The van der Waals surface area contributed by atoms with Gasteiger partial charge >= 0.3 is 5.97 Å². The number of hydrogen-bond acceptors (Lipinski definition) is 6. The van der Waals surface area contributed by atoms with Gasteiger partial charge in [-0.1, -0.05) is 26.0 Å². The van der Waals surface area contributed by atoms with Crippen LogP contribution in [0.5, 0.6) is 0 Å². The third-order valence-electron chi connectivity index (χ3n) is 4.17. The molecule has 2 amide bonds. The second kappa shape index (κ2) is 16.7. The maximum Gasteiger partial charge on any atom is 0.306 e. The first-order chi connectivity index (χ1) is 13.8. The Morgan fingerprint density at radius 3 is 2.45 bits per heavy atom. The zero-order valence-corrected chi connectivity index (χ0v) is 17.7. The normalized spacial score (nSPS) is 12.7. The molecule has 0 heterocycles. The molecule has 0 aromatic rings. The van der Waals surface area contributed by atoms with Crippen LogP contribution >= 0.6 is 0 Å². The van der Waals surface area contributed by atoms with E-state index in [4.69, 9.17) is 14.6 Å². The van der Waals surface area contributed by atoms with Gasteiger partial charge in [0, 0.05) is 19.4 Å². The molecule has 166 valence electrons. The summed E-state index contributed by atoms with van der Waals surface area (Å²) in [5, 5.41) is 14.2. The second-order valence-corrected chi connectivity index (χ2v) is 6.98. The van der Waals surface area contributed by atoms with Crippen molar-refractivity contribution in [1.29, 1.82) is 0 Å². The minimum atomic E-state index is -0.566. The highest BCUT2D eigenvalue weighted by atomic mass is 16.5. The lowest BCUT2D eigenvalue weighted by Crippen LogP contribution is -2.45. The first-order valence-electron chi connectivity index (χ1n) is 9.98. The van der Waals surface area contributed by atoms with E-state index in [9.17, 15) is 14.4 Å². The zero-order chi connectivity index (χ0) is 22.1. The number of carbonyl (C=O) groups excluding carboxylic acids is 3. The topological polar surface area (TPSA) is 114 Å². The Morgan fingerprint density at radius 2 is 1.86 bits per heavy atom. The molecule has 0 saturated heterocycles. The molecule has 0 aromatic heterocycles. The largest absolute Gasteiger partial charge is 0.463 e. The Kier molecular flexibility index (Phi) is 15.5. The highest BCUT2D eigenvalue weighted by Crippen LogP contribution is 2.12. The Labute approximate surface area is 173 Å². The Hall–Kier alpha value is -2.19. The smallest absolute Gasteiger partial charge is 0.306 e. The molecular weight excluding hydrogens is 376 g/mol. The van der Waals surface area contributed by atoms with E-state index >= 15 is 0 Å². The van der Waals surface area contributed by atoms with E-state index in [1.807, 2.05) is 13.8 Å². The fourth-order valence-electron chi connectivity index (χ4n) is 2.39. The lowest BCUT2D eigenvalue weighted by atomic mass is 9.97. The highest BCUT2D eigenvalue weighted by Gasteiger charge is 2.25. The van der Waals surface area contributed by atoms with Crippen LogP contribution in [0, 0.1) is 11.8 Å². The van der Waals surface area contributed by atoms with Crippen LogP contribution in [0.3, 0.4) is 0 Å². The standard InChI is InChI=1S/C21H36N2O6/c1-5-7-9-20(26)29-15-18(16(3)4)23-21(27)17(8-6-2)14-19(25)22-10-12-28-13-11-24/h5-6,16-18,24H,1-2,7-15H2,3-4H3,(H,22,25)(H,23,27)/t17-,18-/m1/s1. The summed E-state index contributed by atoms with van der Waals surface area (Å²) in [6.07, 6.45) is 4.41. The summed E-state index contributed by atoms with van der Waals surface area (Å²) in [5.74, 6) is -1.40. The van der Waals surface area contributed by atoms with Gasteiger partial charge < -0.3 is 25.2 Å². The van der Waals surface area contributed by atoms with Crippen LogP contribution in [0.15, 0.2) is 25.3 Å². The van der Waals surface area contributed by atoms with Crippen LogP contribution in [0.2, 0.25) is 0 Å². The first kappa shape index (κ1) is 26.8. The van der Waals surface area contributed by atoms with E-state index in [-0.39, 0.29) is 69.0 Å². The van der Waals surface area contributed by atoms with Crippen molar-refractivity contribution in [3.8, 4) is 0 Å². The van der Waals surface area contributed by atoms with Crippen LogP contribution in [-0.2, 0) is 23.9 Å². The van der Waals surface area contributed by atoms with Crippen LogP contribution < -0.4 is 10.6 Å². The number of ether oxygens (including phenoxy) is 2. The molecule has 8 nitrogen and oxygen atoms in total. The molecule has 0 aliphatic heterocycles. The lowest BCUT2D eigenvalue weighted by Gasteiger charge is -2.25. The predicted octanol–water partition coefficient (Wildman–Crippen LogP) is 1.34. The molecule has 0 radical (unpaired) electrons. The maximum atomic E-state index is 12.7. The lowest BCUT2D eigenvalue weighted by molar-refractivity contribution is -0.145. The van der Waals surface area contributed by atoms with Crippen molar-refractivity contribution in [1.82, 2.24) is 10.6 Å². The summed E-state index contributed by atoms with van der Waals surface area (Å²) in [5.41, 5.74) is 0. The molecule has 8 heteroatoms. The Balaban J connectivity index is 4.61. The fraction of sp³-hybridized carbons (Fsp3) is 0.667. The SMILES string of the molecule is C=CCCC(=O)OC[C@@H](NC(=O)[C@H](CC=C)CC(=O)NCCOCCO)C(C)C. The van der Waals surface area contributed by atoms with Gasteiger partial charge in [0.15, 0.2) is 0 Å². The van der Waals surface area contributed by atoms with Crippen molar-refractivity contribution >= 4 is 17.8 Å². The quantitative estimate of drug-likeness (QED) is 0.189. The predicted molar refractivity (Wildman–Crippen MR) is 111 cm³/mol. The van der Waals surface area contributed by atoms with Gasteiger partial charge in [0.05, 0.1) is 31.8 Å². The van der Waals surface area contributed by atoms with Crippen LogP contribution in [0.25, 0.3) is 0 Å². The van der Waals surface area contributed by atoms with Crippen molar-refractivity contribution in [3.63, 3.8) is 0 Å². The molecule has 2 atom stereocenters. The summed E-state index contributed by atoms with van der Waals surface area (Å²) < 4.78 is 10.3. The van der Waals surface area contributed by atoms with Gasteiger partial charge in [-0.25, -0.2) is 0 Å². The number of hydrogen-bond donors (Lipinski definition) is 3. The van der Waals surface area contributed by atoms with Gasteiger partial charge in [0.1, 0.15) is 6.61 Å². The van der Waals surface area contributed by atoms with E-state index in [2.05, 4.69) is 23.8 Å². The molecule has 0 unspecified atom stereocenters. The van der Waals surface area contributed by atoms with Gasteiger partial charge in [-0.2, -0.15) is 0 Å². The van der Waals surface area contributed by atoms with Gasteiger partial charge in [-0.15, -0.1) is 13.2 Å². The van der Waals surface area contributed by atoms with Gasteiger partial charge in [0.2, 0.25) is 11.8 Å². The first-order valence-corrected chi connectivity index (χ1v) is 9.98. The minimum Gasteiger partial charge on any atom is -0.463 e. The number of amides is 2. The number of aliphatic hydroxyl groups excluding tert-OH is 1. The molecule has 0 rings (SSSR count). The van der Waals surface area contributed by atoms with E-state index in [1.54, 1.807) is 12.2 Å². The molecule has 0 fully saturated rings. The van der Waals surface area contributed by atoms with Crippen LogP contribution in [0.1, 0.15) is 39.5 Å². The molecule has 0 aliphatic rings. The van der Waals surface area contributed by atoms with Crippen LogP contribution in [0.4, 0.5) is 0 Å². The van der Waals surface area contributed by atoms with E-state index < -0.39 is 5.92 Å². The average Bonchev–Trinajstić information content (AvgIpc) is 2.68. The number of allylic oxidation sites excluding steroid dienone is 2. The molecule has 0 spiro atoms. The summed E-state index contributed by atoms with van der Waals surface area (Å²) in [7, 11) is 0. The van der Waals surface area contributed by atoms with Gasteiger partial charge in [-0.3, -0.25) is 14.4 Å². The summed E-state index contributed by atoms with van der Waals surface area (Å²) in [6, 6.07) is -0.350. The van der Waals surface area contributed by atoms with E-state index in [1.165, 1.54) is 0 Å². The van der Waals surface area contributed by atoms with Crippen molar-refractivity contribution in [2.75, 3.05) is 33.0 Å². The molecule has 0 bridgehead atoms.